The van der Waals surface area contributed by atoms with E-state index in [4.69, 9.17) is 5.11 Å². The van der Waals surface area contributed by atoms with Crippen molar-refractivity contribution in [3.8, 4) is 11.8 Å². The van der Waals surface area contributed by atoms with E-state index in [0.29, 0.717) is 6.42 Å². The second kappa shape index (κ2) is 8.09. The van der Waals surface area contributed by atoms with Crippen LogP contribution in [0.2, 0.25) is 0 Å². The third-order valence-electron chi connectivity index (χ3n) is 4.09. The molecule has 0 radical (unpaired) electrons. The molecule has 1 aliphatic heterocycles. The van der Waals surface area contributed by atoms with Crippen LogP contribution in [0.15, 0.2) is 24.3 Å². The van der Waals surface area contributed by atoms with E-state index in [-0.39, 0.29) is 6.61 Å². The quantitative estimate of drug-likeness (QED) is 0.851. The Hall–Kier alpha value is -1.30. The molecule has 0 amide bonds. The van der Waals surface area contributed by atoms with Gasteiger partial charge in [-0.05, 0) is 49.5 Å². The lowest BCUT2D eigenvalue weighted by Gasteiger charge is -2.31. The fourth-order valence-corrected chi connectivity index (χ4v) is 2.78. The van der Waals surface area contributed by atoms with Gasteiger partial charge >= 0.3 is 0 Å². The van der Waals surface area contributed by atoms with E-state index >= 15 is 0 Å². The maximum absolute atomic E-state index is 8.75. The molecule has 2 heteroatoms. The van der Waals surface area contributed by atoms with Gasteiger partial charge in [0.05, 0.1) is 6.61 Å². The molecule has 1 aliphatic rings. The van der Waals surface area contributed by atoms with E-state index in [1.165, 1.54) is 37.9 Å². The highest BCUT2D eigenvalue weighted by Crippen LogP contribution is 2.21. The van der Waals surface area contributed by atoms with Crippen LogP contribution in [0, 0.1) is 17.8 Å². The molecular weight excluding hydrogens is 246 g/mol. The summed E-state index contributed by atoms with van der Waals surface area (Å²) in [6.45, 7) is 5.91. The Morgan fingerprint density at radius 1 is 1.30 bits per heavy atom. The predicted octanol–water partition coefficient (Wildman–Crippen LogP) is 3.04. The lowest BCUT2D eigenvalue weighted by atomic mass is 9.94. The zero-order valence-corrected chi connectivity index (χ0v) is 12.4. The molecule has 0 spiro atoms. The van der Waals surface area contributed by atoms with E-state index < -0.39 is 0 Å². The van der Waals surface area contributed by atoms with Crippen molar-refractivity contribution < 1.29 is 5.11 Å². The number of aliphatic hydroxyl groups excluding tert-OH is 1. The lowest BCUT2D eigenvalue weighted by molar-refractivity contribution is 0.175. The van der Waals surface area contributed by atoms with Crippen LogP contribution in [-0.4, -0.2) is 29.7 Å². The highest BCUT2D eigenvalue weighted by atomic mass is 16.2. The summed E-state index contributed by atoms with van der Waals surface area (Å²) in [6.07, 6.45) is 4.55. The molecule has 1 aromatic carbocycles. The first-order valence-electron chi connectivity index (χ1n) is 7.73. The summed E-state index contributed by atoms with van der Waals surface area (Å²) >= 11 is 0. The Morgan fingerprint density at radius 3 is 2.80 bits per heavy atom. The molecule has 108 valence electrons. The molecule has 1 heterocycles. The zero-order chi connectivity index (χ0) is 14.2. The number of benzene rings is 1. The minimum absolute atomic E-state index is 0.138. The van der Waals surface area contributed by atoms with Gasteiger partial charge in [-0.2, -0.15) is 0 Å². The number of hydrogen-bond donors (Lipinski definition) is 1. The molecule has 1 N–H and O–H groups in total. The van der Waals surface area contributed by atoms with Crippen molar-refractivity contribution in [1.82, 2.24) is 4.90 Å². The summed E-state index contributed by atoms with van der Waals surface area (Å²) in [4.78, 5) is 2.55. The van der Waals surface area contributed by atoms with Crippen molar-refractivity contribution in [2.24, 2.45) is 5.92 Å². The minimum atomic E-state index is 0.138. The first-order chi connectivity index (χ1) is 9.81. The second-order valence-corrected chi connectivity index (χ2v) is 5.60. The molecule has 0 aromatic heterocycles. The number of nitrogens with zero attached hydrogens (tertiary/aromatic N) is 1. The average molecular weight is 271 g/mol. The normalized spacial score (nSPS) is 16.7. The summed E-state index contributed by atoms with van der Waals surface area (Å²) in [6, 6.07) is 8.48. The topological polar surface area (TPSA) is 23.5 Å². The monoisotopic (exact) mass is 271 g/mol. The van der Waals surface area contributed by atoms with Gasteiger partial charge in [0.2, 0.25) is 0 Å². The van der Waals surface area contributed by atoms with E-state index in [0.717, 1.165) is 18.0 Å². The van der Waals surface area contributed by atoms with Crippen molar-refractivity contribution in [2.75, 3.05) is 19.7 Å². The standard InChI is InChI=1S/C18H25NO/c1-2-16-9-11-19(12-10-16)15-18-8-5-7-17(14-18)6-3-4-13-20/h5,7-8,14,16,20H,2,4,9-13,15H2,1H3. The van der Waals surface area contributed by atoms with Gasteiger partial charge in [0.25, 0.3) is 0 Å². The predicted molar refractivity (Wildman–Crippen MR) is 83.3 cm³/mol. The van der Waals surface area contributed by atoms with E-state index in [9.17, 15) is 0 Å². The smallest absolute Gasteiger partial charge is 0.0540 e. The summed E-state index contributed by atoms with van der Waals surface area (Å²) in [7, 11) is 0. The van der Waals surface area contributed by atoms with Gasteiger partial charge in [0, 0.05) is 18.5 Å². The first kappa shape index (κ1) is 15.1. The molecule has 1 aromatic rings. The van der Waals surface area contributed by atoms with Crippen LogP contribution in [0.1, 0.15) is 43.7 Å². The highest BCUT2D eigenvalue weighted by Gasteiger charge is 2.17. The van der Waals surface area contributed by atoms with Crippen molar-refractivity contribution in [3.05, 3.63) is 35.4 Å². The van der Waals surface area contributed by atoms with Crippen LogP contribution in [0.4, 0.5) is 0 Å². The van der Waals surface area contributed by atoms with E-state index in [2.05, 4.69) is 41.9 Å². The lowest BCUT2D eigenvalue weighted by Crippen LogP contribution is -2.32. The molecule has 20 heavy (non-hydrogen) atoms. The van der Waals surface area contributed by atoms with Crippen molar-refractivity contribution in [2.45, 2.75) is 39.2 Å². The van der Waals surface area contributed by atoms with Crippen LogP contribution in [0.5, 0.6) is 0 Å². The Bertz CT molecular complexity index is 464. The number of hydrogen-bond acceptors (Lipinski definition) is 2. The molecule has 0 atom stereocenters. The van der Waals surface area contributed by atoms with Crippen LogP contribution >= 0.6 is 0 Å². The SMILES string of the molecule is CCC1CCN(Cc2cccc(C#CCCO)c2)CC1. The maximum Gasteiger partial charge on any atom is 0.0540 e. The molecule has 1 fully saturated rings. The van der Waals surface area contributed by atoms with Crippen molar-refractivity contribution in [1.29, 1.82) is 0 Å². The van der Waals surface area contributed by atoms with Gasteiger partial charge in [-0.1, -0.05) is 37.3 Å². The molecule has 1 saturated heterocycles. The van der Waals surface area contributed by atoms with Crippen molar-refractivity contribution >= 4 is 0 Å². The average Bonchev–Trinajstić information content (AvgIpc) is 2.49. The van der Waals surface area contributed by atoms with Crippen LogP contribution < -0.4 is 0 Å². The Kier molecular flexibility index (Phi) is 6.11. The fourth-order valence-electron chi connectivity index (χ4n) is 2.78. The Morgan fingerprint density at radius 2 is 2.10 bits per heavy atom. The largest absolute Gasteiger partial charge is 0.395 e. The van der Waals surface area contributed by atoms with Crippen LogP contribution in [0.3, 0.4) is 0 Å². The molecule has 0 bridgehead atoms. The van der Waals surface area contributed by atoms with Gasteiger partial charge in [-0.15, -0.1) is 0 Å². The number of rotatable bonds is 4. The summed E-state index contributed by atoms with van der Waals surface area (Å²) in [5.41, 5.74) is 2.40. The highest BCUT2D eigenvalue weighted by molar-refractivity contribution is 5.37. The summed E-state index contributed by atoms with van der Waals surface area (Å²) in [5, 5.41) is 8.75. The van der Waals surface area contributed by atoms with Crippen molar-refractivity contribution in [3.63, 3.8) is 0 Å². The maximum atomic E-state index is 8.75. The third-order valence-corrected chi connectivity index (χ3v) is 4.09. The summed E-state index contributed by atoms with van der Waals surface area (Å²) < 4.78 is 0. The molecule has 0 aliphatic carbocycles. The molecule has 0 saturated carbocycles. The van der Waals surface area contributed by atoms with Crippen LogP contribution in [0.25, 0.3) is 0 Å². The second-order valence-electron chi connectivity index (χ2n) is 5.60. The Balaban J connectivity index is 1.90. The number of piperidine rings is 1. The fraction of sp³-hybridized carbons (Fsp3) is 0.556. The molecule has 2 nitrogen and oxygen atoms in total. The Labute approximate surface area is 122 Å². The first-order valence-corrected chi connectivity index (χ1v) is 7.73. The zero-order valence-electron chi connectivity index (χ0n) is 12.4. The number of likely N-dealkylation sites (tertiary alicyclic amines) is 1. The summed E-state index contributed by atoms with van der Waals surface area (Å²) in [5.74, 6) is 7.03. The molecule has 0 unspecified atom stereocenters. The third kappa shape index (κ3) is 4.67. The number of aliphatic hydroxyl groups is 1. The van der Waals surface area contributed by atoms with Gasteiger partial charge in [0.1, 0.15) is 0 Å². The van der Waals surface area contributed by atoms with Gasteiger partial charge in [-0.25, -0.2) is 0 Å². The van der Waals surface area contributed by atoms with Gasteiger partial charge < -0.3 is 5.11 Å². The van der Waals surface area contributed by atoms with E-state index in [1.807, 2.05) is 6.07 Å². The molecule has 2 rings (SSSR count). The molecular formula is C18H25NO. The minimum Gasteiger partial charge on any atom is -0.395 e. The van der Waals surface area contributed by atoms with Gasteiger partial charge in [0.15, 0.2) is 0 Å². The van der Waals surface area contributed by atoms with Crippen LogP contribution in [-0.2, 0) is 6.54 Å². The van der Waals surface area contributed by atoms with E-state index in [1.54, 1.807) is 0 Å². The van der Waals surface area contributed by atoms with Gasteiger partial charge in [-0.3, -0.25) is 4.90 Å².